The average Bonchev–Trinajstić information content (AvgIpc) is 2.78. The number of thiazole rings is 1. The van der Waals surface area contributed by atoms with E-state index in [4.69, 9.17) is 4.74 Å². The Morgan fingerprint density at radius 1 is 1.39 bits per heavy atom. The van der Waals surface area contributed by atoms with Crippen molar-refractivity contribution in [1.29, 1.82) is 0 Å². The number of ether oxygens (including phenoxy) is 1. The summed E-state index contributed by atoms with van der Waals surface area (Å²) >= 11 is 0.840. The van der Waals surface area contributed by atoms with Gasteiger partial charge in [-0.1, -0.05) is 6.92 Å². The molecule has 0 bridgehead atoms. The highest BCUT2D eigenvalue weighted by Gasteiger charge is 2.27. The Labute approximate surface area is 137 Å². The normalized spacial score (nSPS) is 12.6. The molecule has 0 aliphatic heterocycles. The molecule has 0 aliphatic rings. The van der Waals surface area contributed by atoms with E-state index in [1.54, 1.807) is 6.92 Å². The zero-order valence-electron chi connectivity index (χ0n) is 13.5. The molecule has 0 saturated heterocycles. The number of carbonyl (C=O) groups is 2. The van der Waals surface area contributed by atoms with Gasteiger partial charge >= 0.3 is 12.0 Å². The summed E-state index contributed by atoms with van der Waals surface area (Å²) in [5.74, 6) is -3.71. The lowest BCUT2D eigenvalue weighted by molar-refractivity contribution is 0.0223. The quantitative estimate of drug-likeness (QED) is 0.739. The van der Waals surface area contributed by atoms with Crippen LogP contribution in [0.15, 0.2) is 0 Å². The van der Waals surface area contributed by atoms with E-state index in [0.29, 0.717) is 0 Å². The molecule has 1 unspecified atom stereocenters. The third-order valence-corrected chi connectivity index (χ3v) is 3.79. The molecule has 6 nitrogen and oxygen atoms in total. The van der Waals surface area contributed by atoms with Gasteiger partial charge in [-0.3, -0.25) is 5.32 Å². The van der Waals surface area contributed by atoms with Crippen LogP contribution in [-0.4, -0.2) is 35.6 Å². The number of urea groups is 1. The first-order valence-electron chi connectivity index (χ1n) is 7.28. The van der Waals surface area contributed by atoms with E-state index in [-0.39, 0.29) is 28.4 Å². The van der Waals surface area contributed by atoms with Crippen LogP contribution in [0.4, 0.5) is 18.6 Å². The number of rotatable bonds is 7. The molecule has 0 aromatic carbocycles. The van der Waals surface area contributed by atoms with E-state index in [1.807, 2.05) is 13.8 Å². The minimum atomic E-state index is -2.96. The Hall–Kier alpha value is -1.77. The minimum absolute atomic E-state index is 0.0550. The van der Waals surface area contributed by atoms with E-state index in [9.17, 15) is 18.4 Å². The fraction of sp³-hybridized carbons (Fsp3) is 0.643. The molecule has 1 aromatic rings. The van der Waals surface area contributed by atoms with Gasteiger partial charge in [-0.05, 0) is 27.2 Å². The molecular weight excluding hydrogens is 328 g/mol. The fourth-order valence-electron chi connectivity index (χ4n) is 1.59. The Balaban J connectivity index is 2.97. The smallest absolute Gasteiger partial charge is 0.360 e. The van der Waals surface area contributed by atoms with Crippen molar-refractivity contribution < 1.29 is 23.1 Å². The molecule has 2 N–H and O–H groups in total. The molecular formula is C14H21F2N3O3S. The lowest BCUT2D eigenvalue weighted by Crippen LogP contribution is -2.35. The summed E-state index contributed by atoms with van der Waals surface area (Å²) in [5.41, 5.74) is -0.157. The maximum absolute atomic E-state index is 13.1. The van der Waals surface area contributed by atoms with Crippen LogP contribution in [0.3, 0.4) is 0 Å². The van der Waals surface area contributed by atoms with Crippen LogP contribution >= 0.6 is 11.3 Å². The first-order valence-corrected chi connectivity index (χ1v) is 8.10. The number of hydrogen-bond acceptors (Lipinski definition) is 5. The largest absolute Gasteiger partial charge is 0.461 e. The maximum Gasteiger partial charge on any atom is 0.360 e. The molecule has 130 valence electrons. The van der Waals surface area contributed by atoms with Gasteiger partial charge in [0.1, 0.15) is 10.0 Å². The number of halogens is 2. The highest BCUT2D eigenvalue weighted by molar-refractivity contribution is 7.16. The van der Waals surface area contributed by atoms with Crippen molar-refractivity contribution in [1.82, 2.24) is 10.3 Å². The Morgan fingerprint density at radius 2 is 2.04 bits per heavy atom. The van der Waals surface area contributed by atoms with E-state index in [0.717, 1.165) is 24.7 Å². The second-order valence-electron chi connectivity index (χ2n) is 5.16. The van der Waals surface area contributed by atoms with E-state index in [1.165, 1.54) is 0 Å². The summed E-state index contributed by atoms with van der Waals surface area (Å²) < 4.78 is 31.1. The summed E-state index contributed by atoms with van der Waals surface area (Å²) in [5, 5.41) is 5.30. The summed E-state index contributed by atoms with van der Waals surface area (Å²) in [6, 6.07) is -0.586. The molecule has 0 radical (unpaired) electrons. The molecule has 1 atom stereocenters. The molecule has 0 aliphatic carbocycles. The number of esters is 1. The van der Waals surface area contributed by atoms with E-state index < -0.39 is 24.3 Å². The predicted octanol–water partition coefficient (Wildman–Crippen LogP) is 3.44. The van der Waals surface area contributed by atoms with Crippen molar-refractivity contribution in [3.05, 3.63) is 10.7 Å². The van der Waals surface area contributed by atoms with Crippen molar-refractivity contribution in [2.24, 2.45) is 0 Å². The van der Waals surface area contributed by atoms with Crippen LogP contribution in [0.2, 0.25) is 0 Å². The summed E-state index contributed by atoms with van der Waals surface area (Å²) in [7, 11) is 0. The Morgan fingerprint density at radius 3 is 2.57 bits per heavy atom. The van der Waals surface area contributed by atoms with Gasteiger partial charge in [0.05, 0.1) is 13.0 Å². The van der Waals surface area contributed by atoms with E-state index in [2.05, 4.69) is 15.6 Å². The standard InChI is InChI=1S/C14H21F2N3O3S/c1-5-8(3)17-13(21)19-11-10(12(20)22-6-2)18-9(23-11)7-14(4,15)16/h8H,5-7H2,1-4H3,(H2,17,19,21). The molecule has 0 fully saturated rings. The second-order valence-corrected chi connectivity index (χ2v) is 6.24. The summed E-state index contributed by atoms with van der Waals surface area (Å²) in [4.78, 5) is 27.6. The van der Waals surface area contributed by atoms with Gasteiger partial charge in [0.15, 0.2) is 5.69 Å². The van der Waals surface area contributed by atoms with Crippen LogP contribution in [0.1, 0.15) is 49.6 Å². The maximum atomic E-state index is 13.1. The monoisotopic (exact) mass is 349 g/mol. The van der Waals surface area contributed by atoms with Gasteiger partial charge < -0.3 is 10.1 Å². The molecule has 1 heterocycles. The van der Waals surface area contributed by atoms with Gasteiger partial charge in [-0.15, -0.1) is 11.3 Å². The van der Waals surface area contributed by atoms with Gasteiger partial charge in [0.25, 0.3) is 5.92 Å². The van der Waals surface area contributed by atoms with Crippen LogP contribution in [0, 0.1) is 0 Å². The number of amides is 2. The number of nitrogens with zero attached hydrogens (tertiary/aromatic N) is 1. The van der Waals surface area contributed by atoms with Crippen molar-refractivity contribution in [3.63, 3.8) is 0 Å². The molecule has 1 rings (SSSR count). The molecule has 1 aromatic heterocycles. The summed E-state index contributed by atoms with van der Waals surface area (Å²) in [6.07, 6.45) is 0.118. The first kappa shape index (κ1) is 19.3. The van der Waals surface area contributed by atoms with Crippen molar-refractivity contribution in [2.75, 3.05) is 11.9 Å². The van der Waals surface area contributed by atoms with Gasteiger partial charge in [-0.2, -0.15) is 0 Å². The fourth-order valence-corrected chi connectivity index (χ4v) is 2.66. The first-order chi connectivity index (χ1) is 10.7. The molecule has 0 saturated carbocycles. The van der Waals surface area contributed by atoms with E-state index >= 15 is 0 Å². The van der Waals surface area contributed by atoms with Crippen molar-refractivity contribution >= 4 is 28.3 Å². The third kappa shape index (κ3) is 6.47. The van der Waals surface area contributed by atoms with Crippen LogP contribution in [0.25, 0.3) is 0 Å². The lowest BCUT2D eigenvalue weighted by atomic mass is 10.3. The number of aromatic nitrogens is 1. The SMILES string of the molecule is CCOC(=O)c1nc(CC(C)(F)F)sc1NC(=O)NC(C)CC. The van der Waals surface area contributed by atoms with Gasteiger partial charge in [0.2, 0.25) is 0 Å². The van der Waals surface area contributed by atoms with Crippen molar-refractivity contribution in [2.45, 2.75) is 52.5 Å². The lowest BCUT2D eigenvalue weighted by Gasteiger charge is -2.11. The van der Waals surface area contributed by atoms with Gasteiger partial charge in [-0.25, -0.2) is 23.4 Å². The van der Waals surface area contributed by atoms with Crippen LogP contribution in [0.5, 0.6) is 0 Å². The Bertz CT molecular complexity index is 558. The minimum Gasteiger partial charge on any atom is -0.461 e. The Kier molecular flexibility index (Phi) is 6.86. The van der Waals surface area contributed by atoms with Crippen LogP contribution < -0.4 is 10.6 Å². The zero-order chi connectivity index (χ0) is 17.6. The highest BCUT2D eigenvalue weighted by Crippen LogP contribution is 2.29. The molecule has 9 heteroatoms. The number of nitrogens with one attached hydrogen (secondary N) is 2. The number of alkyl halides is 2. The molecule has 2 amide bonds. The number of carbonyl (C=O) groups excluding carboxylic acids is 2. The average molecular weight is 349 g/mol. The second kappa shape index (κ2) is 8.19. The van der Waals surface area contributed by atoms with Crippen LogP contribution in [-0.2, 0) is 11.2 Å². The topological polar surface area (TPSA) is 80.3 Å². The third-order valence-electron chi connectivity index (χ3n) is 2.82. The zero-order valence-corrected chi connectivity index (χ0v) is 14.4. The predicted molar refractivity (Wildman–Crippen MR) is 84.3 cm³/mol. The molecule has 0 spiro atoms. The number of hydrogen-bond donors (Lipinski definition) is 2. The van der Waals surface area contributed by atoms with Crippen molar-refractivity contribution in [3.8, 4) is 0 Å². The number of anilines is 1. The van der Waals surface area contributed by atoms with Gasteiger partial charge in [0, 0.05) is 6.04 Å². The summed E-state index contributed by atoms with van der Waals surface area (Å²) in [6.45, 7) is 6.23. The highest BCUT2D eigenvalue weighted by atomic mass is 32.1. The molecule has 23 heavy (non-hydrogen) atoms.